The zero-order valence-electron chi connectivity index (χ0n) is 17.2. The molecule has 1 aromatic heterocycles. The third-order valence-corrected chi connectivity index (χ3v) is 4.67. The number of alkyl halides is 3. The SMILES string of the molecule is CC.O=C(NCc1ccnc(OCC(F)(F)F)c1)NC1CCC(c2ccccc2)C1. The van der Waals surface area contributed by atoms with Gasteiger partial charge in [-0.1, -0.05) is 44.2 Å². The number of hydrogen-bond donors (Lipinski definition) is 2. The molecular weight excluding hydrogens is 395 g/mol. The maximum Gasteiger partial charge on any atom is 0.422 e. The van der Waals surface area contributed by atoms with Crippen molar-refractivity contribution < 1.29 is 22.7 Å². The Bertz CT molecular complexity index is 785. The molecule has 5 nitrogen and oxygen atoms in total. The highest BCUT2D eigenvalue weighted by Gasteiger charge is 2.29. The zero-order chi connectivity index (χ0) is 22.0. The number of rotatable bonds is 6. The van der Waals surface area contributed by atoms with Crippen molar-refractivity contribution in [1.29, 1.82) is 0 Å². The number of carbonyl (C=O) groups is 1. The summed E-state index contributed by atoms with van der Waals surface area (Å²) in [5.74, 6) is 0.318. The van der Waals surface area contributed by atoms with E-state index in [1.165, 1.54) is 17.8 Å². The predicted molar refractivity (Wildman–Crippen MR) is 109 cm³/mol. The van der Waals surface area contributed by atoms with Crippen molar-refractivity contribution in [3.8, 4) is 5.88 Å². The molecule has 2 atom stereocenters. The molecule has 1 aliphatic carbocycles. The number of nitrogens with zero attached hydrogens (tertiary/aromatic N) is 1. The van der Waals surface area contributed by atoms with Crippen LogP contribution in [0, 0.1) is 0 Å². The average molecular weight is 423 g/mol. The van der Waals surface area contributed by atoms with Crippen molar-refractivity contribution in [3.05, 3.63) is 59.8 Å². The second-order valence-corrected chi connectivity index (χ2v) is 6.85. The lowest BCUT2D eigenvalue weighted by Gasteiger charge is -2.15. The molecule has 0 radical (unpaired) electrons. The first kappa shape index (κ1) is 23.5. The standard InChI is InChI=1S/C20H22F3N3O2.C2H6/c21-20(22,23)13-28-18-10-14(8-9-24-18)12-25-19(27)26-17-7-6-16(11-17)15-4-2-1-3-5-15;1-2/h1-5,8-10,16-17H,6-7,11-13H2,(H2,25,26,27);1-2H3. The number of nitrogens with one attached hydrogen (secondary N) is 2. The van der Waals surface area contributed by atoms with Crippen LogP contribution in [0.5, 0.6) is 5.88 Å². The summed E-state index contributed by atoms with van der Waals surface area (Å²) in [6.07, 6.45) is -0.240. The lowest BCUT2D eigenvalue weighted by Crippen LogP contribution is -2.40. The van der Waals surface area contributed by atoms with Gasteiger partial charge in [-0.2, -0.15) is 13.2 Å². The fourth-order valence-corrected chi connectivity index (χ4v) is 3.35. The van der Waals surface area contributed by atoms with Gasteiger partial charge in [-0.3, -0.25) is 0 Å². The second kappa shape index (κ2) is 11.4. The number of urea groups is 1. The molecule has 2 amide bonds. The Hall–Kier alpha value is -2.77. The van der Waals surface area contributed by atoms with E-state index in [1.807, 2.05) is 32.0 Å². The minimum Gasteiger partial charge on any atom is -0.468 e. The van der Waals surface area contributed by atoms with Gasteiger partial charge in [-0.25, -0.2) is 9.78 Å². The topological polar surface area (TPSA) is 63.2 Å². The van der Waals surface area contributed by atoms with Gasteiger partial charge in [-0.15, -0.1) is 0 Å². The molecule has 1 heterocycles. The van der Waals surface area contributed by atoms with E-state index in [-0.39, 0.29) is 24.5 Å². The van der Waals surface area contributed by atoms with Gasteiger partial charge in [0.1, 0.15) is 0 Å². The van der Waals surface area contributed by atoms with E-state index in [9.17, 15) is 18.0 Å². The molecule has 0 aliphatic heterocycles. The van der Waals surface area contributed by atoms with Crippen LogP contribution in [0.25, 0.3) is 0 Å². The van der Waals surface area contributed by atoms with Crippen LogP contribution < -0.4 is 15.4 Å². The van der Waals surface area contributed by atoms with E-state index in [2.05, 4.69) is 32.5 Å². The van der Waals surface area contributed by atoms with Crippen LogP contribution in [0.3, 0.4) is 0 Å². The van der Waals surface area contributed by atoms with Gasteiger partial charge < -0.3 is 15.4 Å². The van der Waals surface area contributed by atoms with Gasteiger partial charge in [0.15, 0.2) is 6.61 Å². The normalized spacial score (nSPS) is 18.2. The zero-order valence-corrected chi connectivity index (χ0v) is 17.2. The molecule has 2 unspecified atom stereocenters. The highest BCUT2D eigenvalue weighted by Crippen LogP contribution is 2.34. The molecule has 2 aromatic rings. The van der Waals surface area contributed by atoms with Crippen molar-refractivity contribution in [2.75, 3.05) is 6.61 Å². The summed E-state index contributed by atoms with van der Waals surface area (Å²) >= 11 is 0. The van der Waals surface area contributed by atoms with E-state index < -0.39 is 12.8 Å². The fourth-order valence-electron chi connectivity index (χ4n) is 3.35. The molecule has 1 fully saturated rings. The molecule has 0 spiro atoms. The number of pyridine rings is 1. The van der Waals surface area contributed by atoms with Crippen molar-refractivity contribution in [3.63, 3.8) is 0 Å². The number of aromatic nitrogens is 1. The Morgan fingerprint density at radius 1 is 1.17 bits per heavy atom. The van der Waals surface area contributed by atoms with Crippen LogP contribution in [0.2, 0.25) is 0 Å². The van der Waals surface area contributed by atoms with E-state index in [1.54, 1.807) is 6.07 Å². The summed E-state index contributed by atoms with van der Waals surface area (Å²) < 4.78 is 41.2. The summed E-state index contributed by atoms with van der Waals surface area (Å²) in [5.41, 5.74) is 1.89. The van der Waals surface area contributed by atoms with E-state index >= 15 is 0 Å². The summed E-state index contributed by atoms with van der Waals surface area (Å²) in [6.45, 7) is 2.77. The summed E-state index contributed by atoms with van der Waals surface area (Å²) in [5, 5.41) is 5.69. The van der Waals surface area contributed by atoms with Crippen molar-refractivity contribution in [1.82, 2.24) is 15.6 Å². The Morgan fingerprint density at radius 3 is 2.60 bits per heavy atom. The fraction of sp³-hybridized carbons (Fsp3) is 0.455. The highest BCUT2D eigenvalue weighted by molar-refractivity contribution is 5.74. The van der Waals surface area contributed by atoms with Crippen molar-refractivity contribution in [2.24, 2.45) is 0 Å². The molecule has 3 rings (SSSR count). The van der Waals surface area contributed by atoms with E-state index in [0.29, 0.717) is 11.5 Å². The van der Waals surface area contributed by atoms with Crippen LogP contribution >= 0.6 is 0 Å². The lowest BCUT2D eigenvalue weighted by atomic mass is 9.98. The summed E-state index contributed by atoms with van der Waals surface area (Å²) in [6, 6.07) is 13.0. The molecule has 0 bridgehead atoms. The van der Waals surface area contributed by atoms with Crippen molar-refractivity contribution >= 4 is 6.03 Å². The Kier molecular flexibility index (Phi) is 8.95. The van der Waals surface area contributed by atoms with Gasteiger partial charge >= 0.3 is 12.2 Å². The molecule has 1 aromatic carbocycles. The maximum absolute atomic E-state index is 12.2. The Labute approximate surface area is 175 Å². The Balaban J connectivity index is 0.00000155. The van der Waals surface area contributed by atoms with Gasteiger partial charge in [0, 0.05) is 24.8 Å². The molecule has 30 heavy (non-hydrogen) atoms. The molecule has 8 heteroatoms. The average Bonchev–Trinajstić information content (AvgIpc) is 3.21. The summed E-state index contributed by atoms with van der Waals surface area (Å²) in [7, 11) is 0. The van der Waals surface area contributed by atoms with Crippen LogP contribution in [-0.4, -0.2) is 29.8 Å². The monoisotopic (exact) mass is 423 g/mol. The van der Waals surface area contributed by atoms with E-state index in [0.717, 1.165) is 19.3 Å². The third-order valence-electron chi connectivity index (χ3n) is 4.67. The van der Waals surface area contributed by atoms with Crippen LogP contribution in [0.1, 0.15) is 50.2 Å². The second-order valence-electron chi connectivity index (χ2n) is 6.85. The predicted octanol–water partition coefficient (Wildman–Crippen LogP) is 5.18. The minimum absolute atomic E-state index is 0.105. The smallest absolute Gasteiger partial charge is 0.422 e. The first-order valence-electron chi connectivity index (χ1n) is 10.1. The number of hydrogen-bond acceptors (Lipinski definition) is 3. The first-order chi connectivity index (χ1) is 14.4. The van der Waals surface area contributed by atoms with Gasteiger partial charge in [0.2, 0.25) is 5.88 Å². The number of halogens is 3. The van der Waals surface area contributed by atoms with Crippen LogP contribution in [0.4, 0.5) is 18.0 Å². The number of ether oxygens (including phenoxy) is 1. The molecule has 0 saturated heterocycles. The summed E-state index contributed by atoms with van der Waals surface area (Å²) in [4.78, 5) is 15.9. The highest BCUT2D eigenvalue weighted by atomic mass is 19.4. The van der Waals surface area contributed by atoms with E-state index in [4.69, 9.17) is 0 Å². The molecular formula is C22H28F3N3O2. The van der Waals surface area contributed by atoms with Crippen molar-refractivity contribution in [2.45, 2.75) is 57.8 Å². The van der Waals surface area contributed by atoms with Gasteiger partial charge in [0.25, 0.3) is 0 Å². The number of carbonyl (C=O) groups excluding carboxylic acids is 1. The largest absolute Gasteiger partial charge is 0.468 e. The van der Waals surface area contributed by atoms with Gasteiger partial charge in [-0.05, 0) is 42.4 Å². The molecule has 164 valence electrons. The first-order valence-corrected chi connectivity index (χ1v) is 10.1. The molecule has 1 saturated carbocycles. The number of benzene rings is 1. The maximum atomic E-state index is 12.2. The van der Waals surface area contributed by atoms with Crippen LogP contribution in [-0.2, 0) is 6.54 Å². The van der Waals surface area contributed by atoms with Crippen LogP contribution in [0.15, 0.2) is 48.7 Å². The lowest BCUT2D eigenvalue weighted by molar-refractivity contribution is -0.154. The minimum atomic E-state index is -4.42. The molecule has 1 aliphatic rings. The number of amides is 2. The quantitative estimate of drug-likeness (QED) is 0.673. The molecule has 2 N–H and O–H groups in total. The third kappa shape index (κ3) is 7.93. The Morgan fingerprint density at radius 2 is 1.90 bits per heavy atom. The van der Waals surface area contributed by atoms with Gasteiger partial charge in [0.05, 0.1) is 0 Å².